The summed E-state index contributed by atoms with van der Waals surface area (Å²) < 4.78 is 5.39. The minimum absolute atomic E-state index is 0.0125. The lowest BCUT2D eigenvalue weighted by atomic mass is 10.2. The van der Waals surface area contributed by atoms with Crippen molar-refractivity contribution < 1.29 is 14.5 Å². The average Bonchev–Trinajstić information content (AvgIpc) is 3.15. The number of carbonyl (C=O) groups excluding carboxylic acids is 1. The molecule has 0 aliphatic heterocycles. The van der Waals surface area contributed by atoms with Gasteiger partial charge in [-0.15, -0.1) is 0 Å². The van der Waals surface area contributed by atoms with Gasteiger partial charge in [0.25, 0.3) is 11.6 Å². The summed E-state index contributed by atoms with van der Waals surface area (Å²) in [7, 11) is 0. The molecule has 3 aromatic rings. The Kier molecular flexibility index (Phi) is 4.93. The maximum Gasteiger partial charge on any atom is 0.272 e. The van der Waals surface area contributed by atoms with Crippen LogP contribution in [0.2, 0.25) is 0 Å². The zero-order chi connectivity index (χ0) is 18.5. The number of nitro groups is 1. The molecule has 2 aromatic carbocycles. The Morgan fingerprint density at radius 3 is 2.65 bits per heavy atom. The highest BCUT2D eigenvalue weighted by Gasteiger charge is 2.11. The predicted molar refractivity (Wildman–Crippen MR) is 96.0 cm³/mol. The van der Waals surface area contributed by atoms with E-state index in [9.17, 15) is 14.9 Å². The second-order valence-electron chi connectivity index (χ2n) is 5.56. The zero-order valence-electron chi connectivity index (χ0n) is 13.9. The van der Waals surface area contributed by atoms with Crippen LogP contribution in [-0.2, 0) is 4.79 Å². The number of aromatic nitrogens is 2. The molecule has 1 aromatic heterocycles. The summed E-state index contributed by atoms with van der Waals surface area (Å²) in [4.78, 5) is 29.5. The first-order valence-electron chi connectivity index (χ1n) is 7.80. The number of H-pyrrole nitrogens is 1. The third-order valence-electron chi connectivity index (χ3n) is 3.68. The van der Waals surface area contributed by atoms with Gasteiger partial charge in [0.05, 0.1) is 4.92 Å². The third-order valence-corrected chi connectivity index (χ3v) is 3.68. The molecule has 2 N–H and O–H groups in total. The summed E-state index contributed by atoms with van der Waals surface area (Å²) >= 11 is 0. The second-order valence-corrected chi connectivity index (χ2v) is 5.56. The van der Waals surface area contributed by atoms with Crippen LogP contribution in [0.1, 0.15) is 5.56 Å². The minimum atomic E-state index is -0.460. The Bertz CT molecular complexity index is 921. The normalized spacial score (nSPS) is 10.3. The number of ether oxygens (including phenoxy) is 1. The van der Waals surface area contributed by atoms with Gasteiger partial charge >= 0.3 is 0 Å². The Balaban J connectivity index is 1.56. The van der Waals surface area contributed by atoms with Crippen molar-refractivity contribution in [3.8, 4) is 17.1 Å². The van der Waals surface area contributed by atoms with Crippen LogP contribution in [0.4, 0.5) is 11.4 Å². The van der Waals surface area contributed by atoms with E-state index in [1.807, 2.05) is 12.1 Å². The van der Waals surface area contributed by atoms with E-state index in [1.165, 1.54) is 18.2 Å². The SMILES string of the molecule is Cc1cc(OCC(=O)Nc2ccc(-c3ncc[nH]3)cc2)ccc1[N+](=O)[O-]. The van der Waals surface area contributed by atoms with Gasteiger partial charge in [0.15, 0.2) is 6.61 Å². The van der Waals surface area contributed by atoms with Crippen molar-refractivity contribution in [2.45, 2.75) is 6.92 Å². The largest absolute Gasteiger partial charge is 0.484 e. The standard InChI is InChI=1S/C18H16N4O4/c1-12-10-15(6-7-16(12)22(24)25)26-11-17(23)21-14-4-2-13(3-5-14)18-19-8-9-20-18/h2-10H,11H2,1H3,(H,19,20)(H,21,23). The smallest absolute Gasteiger partial charge is 0.272 e. The van der Waals surface area contributed by atoms with E-state index in [2.05, 4.69) is 15.3 Å². The number of amides is 1. The number of hydrogen-bond donors (Lipinski definition) is 2. The molecule has 3 rings (SSSR count). The zero-order valence-corrected chi connectivity index (χ0v) is 13.9. The molecule has 0 spiro atoms. The summed E-state index contributed by atoms with van der Waals surface area (Å²) in [5, 5.41) is 13.5. The highest BCUT2D eigenvalue weighted by molar-refractivity contribution is 5.92. The second kappa shape index (κ2) is 7.47. The molecule has 0 radical (unpaired) electrons. The summed E-state index contributed by atoms with van der Waals surface area (Å²) in [5.74, 6) is 0.822. The number of rotatable bonds is 6. The van der Waals surface area contributed by atoms with E-state index in [0.717, 1.165) is 11.4 Å². The Hall–Kier alpha value is -3.68. The molecular formula is C18H16N4O4. The van der Waals surface area contributed by atoms with Gasteiger partial charge in [-0.25, -0.2) is 4.98 Å². The lowest BCUT2D eigenvalue weighted by Gasteiger charge is -2.08. The maximum absolute atomic E-state index is 12.0. The molecule has 8 heteroatoms. The van der Waals surface area contributed by atoms with Crippen LogP contribution in [-0.4, -0.2) is 27.4 Å². The lowest BCUT2D eigenvalue weighted by molar-refractivity contribution is -0.385. The fourth-order valence-electron chi connectivity index (χ4n) is 2.40. The average molecular weight is 352 g/mol. The number of anilines is 1. The molecule has 0 saturated carbocycles. The first kappa shape index (κ1) is 17.2. The fourth-order valence-corrected chi connectivity index (χ4v) is 2.40. The van der Waals surface area contributed by atoms with Crippen molar-refractivity contribution in [3.05, 3.63) is 70.5 Å². The quantitative estimate of drug-likeness (QED) is 0.522. The van der Waals surface area contributed by atoms with Gasteiger partial charge in [-0.3, -0.25) is 14.9 Å². The van der Waals surface area contributed by atoms with Crippen LogP contribution < -0.4 is 10.1 Å². The molecule has 26 heavy (non-hydrogen) atoms. The van der Waals surface area contributed by atoms with Crippen LogP contribution >= 0.6 is 0 Å². The molecule has 0 saturated heterocycles. The van der Waals surface area contributed by atoms with Crippen LogP contribution in [0.25, 0.3) is 11.4 Å². The van der Waals surface area contributed by atoms with Gasteiger partial charge in [-0.2, -0.15) is 0 Å². The van der Waals surface area contributed by atoms with E-state index < -0.39 is 4.92 Å². The third kappa shape index (κ3) is 4.04. The van der Waals surface area contributed by atoms with Crippen molar-refractivity contribution in [1.29, 1.82) is 0 Å². The van der Waals surface area contributed by atoms with Crippen LogP contribution in [0, 0.1) is 17.0 Å². The summed E-state index contributed by atoms with van der Waals surface area (Å²) in [6.07, 6.45) is 3.41. The number of carbonyl (C=O) groups is 1. The minimum Gasteiger partial charge on any atom is -0.484 e. The van der Waals surface area contributed by atoms with Crippen molar-refractivity contribution in [1.82, 2.24) is 9.97 Å². The Morgan fingerprint density at radius 1 is 1.27 bits per heavy atom. The highest BCUT2D eigenvalue weighted by atomic mass is 16.6. The summed E-state index contributed by atoms with van der Waals surface area (Å²) in [6, 6.07) is 11.6. The molecule has 0 unspecified atom stereocenters. The number of imidazole rings is 1. The van der Waals surface area contributed by atoms with Crippen LogP contribution in [0.15, 0.2) is 54.9 Å². The van der Waals surface area contributed by atoms with E-state index in [1.54, 1.807) is 31.5 Å². The topological polar surface area (TPSA) is 110 Å². The van der Waals surface area contributed by atoms with Crippen molar-refractivity contribution >= 4 is 17.3 Å². The number of hydrogen-bond acceptors (Lipinski definition) is 5. The predicted octanol–water partition coefficient (Wildman–Crippen LogP) is 3.31. The molecule has 0 atom stereocenters. The van der Waals surface area contributed by atoms with Gasteiger partial charge in [0.2, 0.25) is 0 Å². The maximum atomic E-state index is 12.0. The van der Waals surface area contributed by atoms with Crippen molar-refractivity contribution in [3.63, 3.8) is 0 Å². The fraction of sp³-hybridized carbons (Fsp3) is 0.111. The number of aromatic amines is 1. The Morgan fingerprint density at radius 2 is 2.04 bits per heavy atom. The van der Waals surface area contributed by atoms with E-state index in [4.69, 9.17) is 4.74 Å². The monoisotopic (exact) mass is 352 g/mol. The van der Waals surface area contributed by atoms with Gasteiger partial charge in [-0.05, 0) is 43.3 Å². The molecule has 0 aliphatic rings. The van der Waals surface area contributed by atoms with Gasteiger partial charge < -0.3 is 15.0 Å². The van der Waals surface area contributed by atoms with Gasteiger partial charge in [-0.1, -0.05) is 0 Å². The number of aryl methyl sites for hydroxylation is 1. The van der Waals surface area contributed by atoms with Crippen molar-refractivity contribution in [2.24, 2.45) is 0 Å². The number of benzene rings is 2. The Labute approximate surface area is 149 Å². The molecule has 1 heterocycles. The van der Waals surface area contributed by atoms with Crippen LogP contribution in [0.5, 0.6) is 5.75 Å². The van der Waals surface area contributed by atoms with E-state index >= 15 is 0 Å². The number of nitrogens with zero attached hydrogens (tertiary/aromatic N) is 2. The number of nitro benzene ring substituents is 1. The first-order chi connectivity index (χ1) is 12.5. The molecule has 0 aliphatic carbocycles. The first-order valence-corrected chi connectivity index (χ1v) is 7.80. The molecule has 1 amide bonds. The van der Waals surface area contributed by atoms with Gasteiger partial charge in [0, 0.05) is 35.3 Å². The van der Waals surface area contributed by atoms with E-state index in [-0.39, 0.29) is 18.2 Å². The summed E-state index contributed by atoms with van der Waals surface area (Å²) in [5.41, 5.74) is 2.03. The highest BCUT2D eigenvalue weighted by Crippen LogP contribution is 2.23. The lowest BCUT2D eigenvalue weighted by Crippen LogP contribution is -2.20. The van der Waals surface area contributed by atoms with E-state index in [0.29, 0.717) is 17.0 Å². The molecular weight excluding hydrogens is 336 g/mol. The molecule has 0 bridgehead atoms. The van der Waals surface area contributed by atoms with Gasteiger partial charge in [0.1, 0.15) is 11.6 Å². The van der Waals surface area contributed by atoms with Crippen molar-refractivity contribution in [2.75, 3.05) is 11.9 Å². The molecule has 0 fully saturated rings. The molecule has 8 nitrogen and oxygen atoms in total. The van der Waals surface area contributed by atoms with Crippen LogP contribution in [0.3, 0.4) is 0 Å². The molecule has 132 valence electrons. The number of nitrogens with one attached hydrogen (secondary N) is 2. The summed E-state index contributed by atoms with van der Waals surface area (Å²) in [6.45, 7) is 1.42.